The predicted molar refractivity (Wildman–Crippen MR) is 246 cm³/mol. The van der Waals surface area contributed by atoms with E-state index in [4.69, 9.17) is 18.9 Å². The molecule has 0 fully saturated rings. The first kappa shape index (κ1) is 56.8. The highest BCUT2D eigenvalue weighted by atomic mass is 16.7. The molecule has 0 bridgehead atoms. The van der Waals surface area contributed by atoms with E-state index in [1.54, 1.807) is 0 Å². The Bertz CT molecular complexity index is 800. The third-order valence-corrected chi connectivity index (χ3v) is 11.6. The summed E-state index contributed by atoms with van der Waals surface area (Å²) in [6.07, 6.45) is 37.5. The summed E-state index contributed by atoms with van der Waals surface area (Å²) in [4.78, 5) is 30.6. The van der Waals surface area contributed by atoms with E-state index in [1.807, 2.05) is 19.0 Å². The second kappa shape index (κ2) is 45.3. The molecule has 0 aliphatic carbocycles. The smallest absolute Gasteiger partial charge is 0.308 e. The van der Waals surface area contributed by atoms with Crippen molar-refractivity contribution in [1.82, 2.24) is 9.80 Å². The van der Waals surface area contributed by atoms with Gasteiger partial charge in [0.05, 0.1) is 31.7 Å². The summed E-state index contributed by atoms with van der Waals surface area (Å²) in [5, 5.41) is 0. The largest absolute Gasteiger partial charge is 0.465 e. The molecular weight excluding hydrogens is 725 g/mol. The number of esters is 2. The van der Waals surface area contributed by atoms with Crippen molar-refractivity contribution in [1.29, 1.82) is 0 Å². The Morgan fingerprint density at radius 1 is 0.397 bits per heavy atom. The van der Waals surface area contributed by atoms with Gasteiger partial charge >= 0.3 is 11.9 Å². The van der Waals surface area contributed by atoms with Crippen molar-refractivity contribution in [3.05, 3.63) is 0 Å². The number of hydrogen-bond donors (Lipinski definition) is 0. The van der Waals surface area contributed by atoms with E-state index in [2.05, 4.69) is 32.6 Å². The summed E-state index contributed by atoms with van der Waals surface area (Å²) in [6, 6.07) is 0. The second-order valence-electron chi connectivity index (χ2n) is 17.6. The van der Waals surface area contributed by atoms with Crippen LogP contribution in [0.5, 0.6) is 0 Å². The Morgan fingerprint density at radius 2 is 0.741 bits per heavy atom. The lowest BCUT2D eigenvalue weighted by Crippen LogP contribution is -2.30. The summed E-state index contributed by atoms with van der Waals surface area (Å²) < 4.78 is 23.0. The van der Waals surface area contributed by atoms with E-state index in [1.165, 1.54) is 103 Å². The Hall–Kier alpha value is -1.22. The maximum absolute atomic E-state index is 13.0. The van der Waals surface area contributed by atoms with Crippen molar-refractivity contribution in [2.24, 2.45) is 11.8 Å². The zero-order chi connectivity index (χ0) is 42.6. The fourth-order valence-electron chi connectivity index (χ4n) is 7.77. The van der Waals surface area contributed by atoms with Crippen molar-refractivity contribution in [2.45, 2.75) is 233 Å². The molecular formula is C50H100N2O6. The minimum absolute atomic E-state index is 0.0504. The first-order valence-corrected chi connectivity index (χ1v) is 25.2. The van der Waals surface area contributed by atoms with Crippen molar-refractivity contribution in [3.8, 4) is 0 Å². The first-order chi connectivity index (χ1) is 28.4. The van der Waals surface area contributed by atoms with Gasteiger partial charge in [0.2, 0.25) is 0 Å². The molecule has 0 N–H and O–H groups in total. The van der Waals surface area contributed by atoms with Crippen LogP contribution in [0.25, 0.3) is 0 Å². The third kappa shape index (κ3) is 38.9. The fourth-order valence-corrected chi connectivity index (χ4v) is 7.77. The maximum Gasteiger partial charge on any atom is 0.308 e. The summed E-state index contributed by atoms with van der Waals surface area (Å²) in [5.74, 6) is 0.266. The molecule has 0 spiro atoms. The van der Waals surface area contributed by atoms with Gasteiger partial charge in [0.15, 0.2) is 0 Å². The molecule has 0 saturated carbocycles. The third-order valence-electron chi connectivity index (χ3n) is 11.6. The number of ether oxygens (including phenoxy) is 4. The Labute approximate surface area is 361 Å². The van der Waals surface area contributed by atoms with Gasteiger partial charge in [-0.2, -0.15) is 0 Å². The summed E-state index contributed by atoms with van der Waals surface area (Å²) in [6.45, 7) is 14.7. The van der Waals surface area contributed by atoms with Gasteiger partial charge < -0.3 is 23.8 Å². The molecule has 58 heavy (non-hydrogen) atoms. The zero-order valence-corrected chi connectivity index (χ0v) is 39.8. The zero-order valence-electron chi connectivity index (χ0n) is 39.8. The predicted octanol–water partition coefficient (Wildman–Crippen LogP) is 13.7. The lowest BCUT2D eigenvalue weighted by atomic mass is 9.94. The minimum Gasteiger partial charge on any atom is -0.465 e. The lowest BCUT2D eigenvalue weighted by molar-refractivity contribution is -0.150. The molecule has 8 heteroatoms. The van der Waals surface area contributed by atoms with Crippen LogP contribution in [0, 0.1) is 11.8 Å². The molecule has 0 radical (unpaired) electrons. The Kier molecular flexibility index (Phi) is 44.4. The van der Waals surface area contributed by atoms with Crippen LogP contribution in [-0.2, 0) is 28.5 Å². The molecule has 0 amide bonds. The average molecular weight is 825 g/mol. The van der Waals surface area contributed by atoms with E-state index in [-0.39, 0.29) is 23.8 Å². The number of carbonyl (C=O) groups is 2. The number of rotatable bonds is 47. The highest BCUT2D eigenvalue weighted by molar-refractivity contribution is 5.72. The molecule has 2 unspecified atom stereocenters. The van der Waals surface area contributed by atoms with Crippen LogP contribution in [0.3, 0.4) is 0 Å². The number of hydrogen-bond acceptors (Lipinski definition) is 8. The molecule has 0 saturated heterocycles. The summed E-state index contributed by atoms with van der Waals surface area (Å²) >= 11 is 0. The van der Waals surface area contributed by atoms with Gasteiger partial charge in [0.25, 0.3) is 0 Å². The quantitative estimate of drug-likeness (QED) is 0.0341. The molecule has 0 aromatic heterocycles. The van der Waals surface area contributed by atoms with Crippen molar-refractivity contribution in [3.63, 3.8) is 0 Å². The molecule has 2 atom stereocenters. The molecule has 0 heterocycles. The van der Waals surface area contributed by atoms with Gasteiger partial charge in [-0.3, -0.25) is 14.5 Å². The first-order valence-electron chi connectivity index (χ1n) is 25.2. The normalized spacial score (nSPS) is 12.8. The van der Waals surface area contributed by atoms with Gasteiger partial charge in [-0.05, 0) is 78.6 Å². The average Bonchev–Trinajstić information content (AvgIpc) is 3.21. The summed E-state index contributed by atoms with van der Waals surface area (Å²) in [5.41, 5.74) is 0. The van der Waals surface area contributed by atoms with Crippen LogP contribution in [0.15, 0.2) is 0 Å². The van der Waals surface area contributed by atoms with E-state index in [0.717, 1.165) is 122 Å². The maximum atomic E-state index is 13.0. The van der Waals surface area contributed by atoms with Crippen molar-refractivity contribution < 1.29 is 28.5 Å². The molecule has 346 valence electrons. The number of carbonyl (C=O) groups excluding carboxylic acids is 2. The highest BCUT2D eigenvalue weighted by Gasteiger charge is 2.20. The minimum atomic E-state index is 0.0504. The molecule has 8 nitrogen and oxygen atoms in total. The van der Waals surface area contributed by atoms with Crippen molar-refractivity contribution in [2.75, 3.05) is 67.1 Å². The van der Waals surface area contributed by atoms with E-state index < -0.39 is 0 Å². The van der Waals surface area contributed by atoms with Crippen LogP contribution in [0.4, 0.5) is 0 Å². The lowest BCUT2D eigenvalue weighted by Gasteiger charge is -2.22. The van der Waals surface area contributed by atoms with Gasteiger partial charge in [0, 0.05) is 6.54 Å². The van der Waals surface area contributed by atoms with Gasteiger partial charge in [0.1, 0.15) is 13.5 Å². The topological polar surface area (TPSA) is 77.5 Å². The van der Waals surface area contributed by atoms with Crippen LogP contribution in [-0.4, -0.2) is 88.8 Å². The van der Waals surface area contributed by atoms with Gasteiger partial charge in [-0.15, -0.1) is 0 Å². The van der Waals surface area contributed by atoms with Gasteiger partial charge in [-0.25, -0.2) is 0 Å². The van der Waals surface area contributed by atoms with E-state index in [9.17, 15) is 9.59 Å². The SMILES string of the molecule is CCCCCCCCC(CCCCCC)C(=O)OCCCCCCN(CCCCCCOC(=O)C(CCCCCC)CCCCCCCC)CCOCOCN(C)C. The molecule has 0 rings (SSSR count). The van der Waals surface area contributed by atoms with Crippen LogP contribution in [0.1, 0.15) is 233 Å². The Balaban J connectivity index is 4.58. The molecule has 0 aliphatic heterocycles. The van der Waals surface area contributed by atoms with E-state index in [0.29, 0.717) is 33.3 Å². The Morgan fingerprint density at radius 3 is 1.14 bits per heavy atom. The monoisotopic (exact) mass is 825 g/mol. The second-order valence-corrected chi connectivity index (χ2v) is 17.6. The van der Waals surface area contributed by atoms with Crippen LogP contribution < -0.4 is 0 Å². The fraction of sp³-hybridized carbons (Fsp3) is 0.960. The van der Waals surface area contributed by atoms with Crippen LogP contribution >= 0.6 is 0 Å². The highest BCUT2D eigenvalue weighted by Crippen LogP contribution is 2.22. The van der Waals surface area contributed by atoms with Gasteiger partial charge in [-0.1, -0.05) is 182 Å². The van der Waals surface area contributed by atoms with Crippen LogP contribution in [0.2, 0.25) is 0 Å². The van der Waals surface area contributed by atoms with Crippen molar-refractivity contribution >= 4 is 11.9 Å². The molecule has 0 aliphatic rings. The standard InChI is InChI=1S/C50H100N2O6/c1-7-11-15-19-21-29-37-47(35-27-17-13-9-3)49(53)57-42-33-25-23-31-39-52(41-44-55-46-56-45-51(5)6)40-32-24-26-34-43-58-50(54)48(36-28-18-14-10-4)38-30-22-20-16-12-8-2/h47-48H,7-46H2,1-6H3. The number of nitrogens with zero attached hydrogens (tertiary/aromatic N) is 2. The molecule has 0 aromatic carbocycles. The summed E-state index contributed by atoms with van der Waals surface area (Å²) in [7, 11) is 3.98. The molecule has 0 aromatic rings. The van der Waals surface area contributed by atoms with E-state index >= 15 is 0 Å². The number of unbranched alkanes of at least 4 members (excludes halogenated alkanes) is 22.